The van der Waals surface area contributed by atoms with Crippen molar-refractivity contribution in [1.82, 2.24) is 10.6 Å². The topological polar surface area (TPSA) is 107 Å². The van der Waals surface area contributed by atoms with Gasteiger partial charge in [0.2, 0.25) is 0 Å². The van der Waals surface area contributed by atoms with Crippen LogP contribution in [0.1, 0.15) is 25.0 Å². The number of hydrogen-bond acceptors (Lipinski definition) is 6. The van der Waals surface area contributed by atoms with Crippen molar-refractivity contribution in [2.45, 2.75) is 33.2 Å². The molecule has 8 nitrogen and oxygen atoms in total. The van der Waals surface area contributed by atoms with Crippen molar-refractivity contribution in [2.24, 2.45) is 0 Å². The number of nitrogens with one attached hydrogen (secondary N) is 2. The number of amides is 2. The molecule has 8 heteroatoms. The molecule has 3 rings (SSSR count). The number of aryl methyl sites for hydroxylation is 1. The van der Waals surface area contributed by atoms with E-state index in [4.69, 9.17) is 13.9 Å². The Morgan fingerprint density at radius 2 is 2.04 bits per heavy atom. The van der Waals surface area contributed by atoms with Gasteiger partial charge in [0.25, 0.3) is 0 Å². The van der Waals surface area contributed by atoms with E-state index in [1.165, 1.54) is 6.26 Å². The molecule has 1 aromatic carbocycles. The molecule has 0 radical (unpaired) electrons. The fraction of sp³-hybridized carbons (Fsp3) is 0.350. The highest BCUT2D eigenvalue weighted by atomic mass is 16.5. The van der Waals surface area contributed by atoms with Crippen LogP contribution >= 0.6 is 0 Å². The molecule has 0 saturated carbocycles. The van der Waals surface area contributed by atoms with Gasteiger partial charge in [0.1, 0.15) is 12.2 Å². The summed E-state index contributed by atoms with van der Waals surface area (Å²) in [6.45, 7) is 5.27. The van der Waals surface area contributed by atoms with E-state index in [9.17, 15) is 14.4 Å². The fourth-order valence-electron chi connectivity index (χ4n) is 3.08. The molecule has 28 heavy (non-hydrogen) atoms. The number of carbonyl (C=O) groups is 3. The number of furan rings is 1. The fourth-order valence-corrected chi connectivity index (χ4v) is 3.08. The molecule has 0 spiro atoms. The standard InChI is InChI=1S/C20H22N2O6/c1-4-26-19(24)18-12(3)21-20(25)22-15(18)10-28-17(23)8-13-9-27-16-7-11(2)5-6-14(13)16/h5-7,9,12H,4,8,10H2,1-3H3,(H2,21,22,25)/t12-/m1/s1. The van der Waals surface area contributed by atoms with Crippen molar-refractivity contribution in [3.05, 3.63) is 46.9 Å². The number of carbonyl (C=O) groups excluding carboxylic acids is 3. The van der Waals surface area contributed by atoms with Crippen LogP contribution in [0.15, 0.2) is 40.1 Å². The molecular formula is C20H22N2O6. The third-order valence-electron chi connectivity index (χ3n) is 4.39. The Labute approximate surface area is 161 Å². The molecule has 0 saturated heterocycles. The Hall–Kier alpha value is -3.29. The number of hydrogen-bond donors (Lipinski definition) is 2. The first-order valence-electron chi connectivity index (χ1n) is 8.99. The summed E-state index contributed by atoms with van der Waals surface area (Å²) in [5, 5.41) is 5.95. The van der Waals surface area contributed by atoms with Crippen molar-refractivity contribution < 1.29 is 28.3 Å². The average molecular weight is 386 g/mol. The highest BCUT2D eigenvalue weighted by Gasteiger charge is 2.30. The van der Waals surface area contributed by atoms with E-state index in [-0.39, 0.29) is 30.9 Å². The zero-order valence-corrected chi connectivity index (χ0v) is 16.0. The molecule has 2 amide bonds. The Bertz CT molecular complexity index is 959. The number of fused-ring (bicyclic) bond motifs is 1. The lowest BCUT2D eigenvalue weighted by Crippen LogP contribution is -2.50. The number of esters is 2. The van der Waals surface area contributed by atoms with E-state index in [1.54, 1.807) is 13.8 Å². The van der Waals surface area contributed by atoms with Gasteiger partial charge in [-0.25, -0.2) is 9.59 Å². The van der Waals surface area contributed by atoms with Gasteiger partial charge in [0.05, 0.1) is 36.6 Å². The van der Waals surface area contributed by atoms with Crippen LogP contribution in [0.4, 0.5) is 4.79 Å². The third-order valence-corrected chi connectivity index (χ3v) is 4.39. The molecule has 0 unspecified atom stereocenters. The van der Waals surface area contributed by atoms with Crippen LogP contribution in [-0.2, 0) is 25.5 Å². The molecule has 1 aromatic heterocycles. The van der Waals surface area contributed by atoms with Crippen molar-refractivity contribution in [3.8, 4) is 0 Å². The summed E-state index contributed by atoms with van der Waals surface area (Å²) in [6.07, 6.45) is 1.54. The van der Waals surface area contributed by atoms with Gasteiger partial charge in [-0.15, -0.1) is 0 Å². The first-order chi connectivity index (χ1) is 13.4. The predicted octanol–water partition coefficient (Wildman–Crippen LogP) is 2.35. The third kappa shape index (κ3) is 4.16. The molecule has 0 aliphatic carbocycles. The van der Waals surface area contributed by atoms with Crippen LogP contribution in [0.25, 0.3) is 11.0 Å². The number of urea groups is 1. The monoisotopic (exact) mass is 386 g/mol. The summed E-state index contributed by atoms with van der Waals surface area (Å²) < 4.78 is 15.8. The average Bonchev–Trinajstić information content (AvgIpc) is 3.01. The summed E-state index contributed by atoms with van der Waals surface area (Å²) >= 11 is 0. The molecular weight excluding hydrogens is 364 g/mol. The first kappa shape index (κ1) is 19.5. The maximum absolute atomic E-state index is 12.3. The molecule has 0 bridgehead atoms. The molecule has 1 aliphatic heterocycles. The van der Waals surface area contributed by atoms with Gasteiger partial charge in [0, 0.05) is 10.9 Å². The Kier molecular flexibility index (Phi) is 5.67. The summed E-state index contributed by atoms with van der Waals surface area (Å²) in [5.41, 5.74) is 2.93. The van der Waals surface area contributed by atoms with Gasteiger partial charge in [-0.3, -0.25) is 4.79 Å². The van der Waals surface area contributed by atoms with E-state index in [0.29, 0.717) is 11.1 Å². The van der Waals surface area contributed by atoms with Gasteiger partial charge in [-0.1, -0.05) is 12.1 Å². The summed E-state index contributed by atoms with van der Waals surface area (Å²) in [7, 11) is 0. The molecule has 0 fully saturated rings. The second kappa shape index (κ2) is 8.16. The van der Waals surface area contributed by atoms with Gasteiger partial charge in [-0.05, 0) is 32.4 Å². The van der Waals surface area contributed by atoms with Gasteiger partial charge < -0.3 is 24.5 Å². The number of rotatable bonds is 6. The van der Waals surface area contributed by atoms with E-state index in [2.05, 4.69) is 10.6 Å². The highest BCUT2D eigenvalue weighted by molar-refractivity contribution is 5.95. The summed E-state index contributed by atoms with van der Waals surface area (Å²) in [6, 6.07) is 4.71. The largest absolute Gasteiger partial charge is 0.464 e. The predicted molar refractivity (Wildman–Crippen MR) is 100 cm³/mol. The van der Waals surface area contributed by atoms with Crippen LogP contribution < -0.4 is 10.6 Å². The van der Waals surface area contributed by atoms with Crippen LogP contribution in [0.3, 0.4) is 0 Å². The molecule has 1 atom stereocenters. The van der Waals surface area contributed by atoms with Gasteiger partial charge >= 0.3 is 18.0 Å². The van der Waals surface area contributed by atoms with Crippen LogP contribution in [-0.4, -0.2) is 37.2 Å². The lowest BCUT2D eigenvalue weighted by atomic mass is 10.0. The smallest absolute Gasteiger partial charge is 0.338 e. The second-order valence-electron chi connectivity index (χ2n) is 6.53. The highest BCUT2D eigenvalue weighted by Crippen LogP contribution is 2.23. The number of benzene rings is 1. The minimum Gasteiger partial charge on any atom is -0.464 e. The normalized spacial score (nSPS) is 16.5. The van der Waals surface area contributed by atoms with E-state index in [1.807, 2.05) is 25.1 Å². The van der Waals surface area contributed by atoms with Crippen LogP contribution in [0, 0.1) is 6.92 Å². The van der Waals surface area contributed by atoms with Crippen molar-refractivity contribution in [2.75, 3.05) is 13.2 Å². The molecule has 1 aliphatic rings. The maximum atomic E-state index is 12.3. The van der Waals surface area contributed by atoms with Gasteiger partial charge in [-0.2, -0.15) is 0 Å². The lowest BCUT2D eigenvalue weighted by molar-refractivity contribution is -0.143. The second-order valence-corrected chi connectivity index (χ2v) is 6.53. The Morgan fingerprint density at radius 3 is 2.79 bits per heavy atom. The minimum atomic E-state index is -0.565. The molecule has 148 valence electrons. The minimum absolute atomic E-state index is 0.0137. The molecule has 2 heterocycles. The Morgan fingerprint density at radius 1 is 1.25 bits per heavy atom. The summed E-state index contributed by atoms with van der Waals surface area (Å²) in [4.78, 5) is 36.2. The van der Waals surface area contributed by atoms with Crippen molar-refractivity contribution in [3.63, 3.8) is 0 Å². The zero-order chi connectivity index (χ0) is 20.3. The van der Waals surface area contributed by atoms with E-state index < -0.39 is 24.0 Å². The van der Waals surface area contributed by atoms with E-state index in [0.717, 1.165) is 10.9 Å². The van der Waals surface area contributed by atoms with Crippen LogP contribution in [0.5, 0.6) is 0 Å². The zero-order valence-electron chi connectivity index (χ0n) is 16.0. The SMILES string of the molecule is CCOC(=O)C1=C(COC(=O)Cc2coc3cc(C)ccc23)NC(=O)N[C@@H]1C. The van der Waals surface area contributed by atoms with Gasteiger partial charge in [0.15, 0.2) is 0 Å². The van der Waals surface area contributed by atoms with E-state index >= 15 is 0 Å². The molecule has 2 aromatic rings. The maximum Gasteiger partial charge on any atom is 0.338 e. The van der Waals surface area contributed by atoms with Crippen molar-refractivity contribution >= 4 is 28.9 Å². The summed E-state index contributed by atoms with van der Waals surface area (Å²) in [5.74, 6) is -1.07. The van der Waals surface area contributed by atoms with Crippen molar-refractivity contribution in [1.29, 1.82) is 0 Å². The quantitative estimate of drug-likeness (QED) is 0.738. The number of ether oxygens (including phenoxy) is 2. The molecule has 2 N–H and O–H groups in total. The Balaban J connectivity index is 1.71. The first-order valence-corrected chi connectivity index (χ1v) is 8.99. The lowest BCUT2D eigenvalue weighted by Gasteiger charge is -2.26. The van der Waals surface area contributed by atoms with Crippen LogP contribution in [0.2, 0.25) is 0 Å².